The number of para-hydroxylation sites is 1. The Morgan fingerprint density at radius 2 is 1.50 bits per heavy atom. The van der Waals surface area contributed by atoms with Crippen molar-refractivity contribution < 1.29 is 9.47 Å². The van der Waals surface area contributed by atoms with Gasteiger partial charge in [-0.2, -0.15) is 0 Å². The van der Waals surface area contributed by atoms with Gasteiger partial charge in [-0.1, -0.05) is 18.2 Å². The van der Waals surface area contributed by atoms with Gasteiger partial charge in [0, 0.05) is 11.8 Å². The standard InChI is InChI=1S/C20H28N2O2/c1-15-10-11-17(14-18(15)21)23-12-5-3-4-6-13-24-19-9-7-8-16(2)20(19)22/h7-11,14H,3-6,12-13,21-22H2,1-2H3. The molecule has 0 spiro atoms. The molecule has 0 aliphatic rings. The Kier molecular flexibility index (Phi) is 6.79. The summed E-state index contributed by atoms with van der Waals surface area (Å²) in [7, 11) is 0. The first-order chi connectivity index (χ1) is 11.6. The number of nitrogen functional groups attached to an aromatic ring is 2. The van der Waals surface area contributed by atoms with Crippen LogP contribution in [0.5, 0.6) is 11.5 Å². The fraction of sp³-hybridized carbons (Fsp3) is 0.400. The highest BCUT2D eigenvalue weighted by molar-refractivity contribution is 5.57. The lowest BCUT2D eigenvalue weighted by molar-refractivity contribution is 0.288. The molecule has 0 atom stereocenters. The number of aryl methyl sites for hydroxylation is 2. The molecule has 2 rings (SSSR count). The second-order valence-electron chi connectivity index (χ2n) is 6.12. The van der Waals surface area contributed by atoms with Crippen molar-refractivity contribution in [2.75, 3.05) is 24.7 Å². The SMILES string of the molecule is Cc1ccc(OCCCCCCOc2cccc(C)c2N)cc1N. The molecule has 2 aromatic rings. The third-order valence-electron chi connectivity index (χ3n) is 4.10. The average Bonchev–Trinajstić information content (AvgIpc) is 2.57. The van der Waals surface area contributed by atoms with Crippen LogP contribution < -0.4 is 20.9 Å². The molecule has 2 aromatic carbocycles. The van der Waals surface area contributed by atoms with Gasteiger partial charge in [0.1, 0.15) is 11.5 Å². The summed E-state index contributed by atoms with van der Waals surface area (Å²) >= 11 is 0. The molecule has 0 saturated heterocycles. The molecule has 4 nitrogen and oxygen atoms in total. The van der Waals surface area contributed by atoms with Gasteiger partial charge >= 0.3 is 0 Å². The van der Waals surface area contributed by atoms with Crippen LogP contribution in [0.15, 0.2) is 36.4 Å². The molecular weight excluding hydrogens is 300 g/mol. The zero-order chi connectivity index (χ0) is 17.4. The predicted octanol–water partition coefficient (Wildman–Crippen LogP) is 4.49. The highest BCUT2D eigenvalue weighted by Gasteiger charge is 2.02. The topological polar surface area (TPSA) is 70.5 Å². The number of hydrogen-bond acceptors (Lipinski definition) is 4. The van der Waals surface area contributed by atoms with Crippen LogP contribution >= 0.6 is 0 Å². The number of unbranched alkanes of at least 4 members (excludes halogenated alkanes) is 3. The molecule has 0 heterocycles. The molecule has 0 bridgehead atoms. The zero-order valence-corrected chi connectivity index (χ0v) is 14.7. The van der Waals surface area contributed by atoms with Crippen LogP contribution in [0.4, 0.5) is 11.4 Å². The van der Waals surface area contributed by atoms with Crippen molar-refractivity contribution in [3.8, 4) is 11.5 Å². The predicted molar refractivity (Wildman–Crippen MR) is 101 cm³/mol. The second-order valence-corrected chi connectivity index (χ2v) is 6.12. The normalized spacial score (nSPS) is 10.6. The van der Waals surface area contributed by atoms with Gasteiger partial charge in [-0.15, -0.1) is 0 Å². The van der Waals surface area contributed by atoms with Crippen LogP contribution in [0.25, 0.3) is 0 Å². The molecule has 0 aliphatic heterocycles. The molecule has 130 valence electrons. The third kappa shape index (κ3) is 5.37. The Labute approximate surface area is 144 Å². The molecule has 0 amide bonds. The molecule has 0 aliphatic carbocycles. The van der Waals surface area contributed by atoms with Gasteiger partial charge in [0.25, 0.3) is 0 Å². The molecule has 0 aromatic heterocycles. The van der Waals surface area contributed by atoms with Crippen LogP contribution in [0.3, 0.4) is 0 Å². The summed E-state index contributed by atoms with van der Waals surface area (Å²) in [5.41, 5.74) is 15.5. The molecule has 0 saturated carbocycles. The van der Waals surface area contributed by atoms with Crippen molar-refractivity contribution in [1.82, 2.24) is 0 Å². The Morgan fingerprint density at radius 3 is 2.21 bits per heavy atom. The van der Waals surface area contributed by atoms with Gasteiger partial charge in [0.2, 0.25) is 0 Å². The van der Waals surface area contributed by atoms with Crippen molar-refractivity contribution in [3.63, 3.8) is 0 Å². The van der Waals surface area contributed by atoms with E-state index in [0.717, 1.165) is 59.7 Å². The third-order valence-corrected chi connectivity index (χ3v) is 4.10. The van der Waals surface area contributed by atoms with Crippen molar-refractivity contribution in [2.24, 2.45) is 0 Å². The van der Waals surface area contributed by atoms with Crippen molar-refractivity contribution in [3.05, 3.63) is 47.5 Å². The summed E-state index contributed by atoms with van der Waals surface area (Å²) in [6, 6.07) is 11.7. The molecule has 0 unspecified atom stereocenters. The van der Waals surface area contributed by atoms with E-state index in [0.29, 0.717) is 13.2 Å². The first-order valence-electron chi connectivity index (χ1n) is 8.54. The van der Waals surface area contributed by atoms with Crippen LogP contribution in [0.1, 0.15) is 36.8 Å². The highest BCUT2D eigenvalue weighted by Crippen LogP contribution is 2.24. The first kappa shape index (κ1) is 18.0. The Balaban J connectivity index is 1.55. The number of anilines is 2. The number of benzene rings is 2. The minimum absolute atomic E-state index is 0.697. The maximum absolute atomic E-state index is 5.99. The van der Waals surface area contributed by atoms with Crippen LogP contribution in [-0.2, 0) is 0 Å². The Morgan fingerprint density at radius 1 is 0.792 bits per heavy atom. The molecule has 0 radical (unpaired) electrons. The summed E-state index contributed by atoms with van der Waals surface area (Å²) in [6.45, 7) is 5.40. The minimum atomic E-state index is 0.697. The van der Waals surface area contributed by atoms with Gasteiger partial charge in [-0.25, -0.2) is 0 Å². The first-order valence-corrected chi connectivity index (χ1v) is 8.54. The van der Waals surface area contributed by atoms with Crippen molar-refractivity contribution in [2.45, 2.75) is 39.5 Å². The van der Waals surface area contributed by atoms with E-state index < -0.39 is 0 Å². The van der Waals surface area contributed by atoms with E-state index in [9.17, 15) is 0 Å². The van der Waals surface area contributed by atoms with Crippen molar-refractivity contribution >= 4 is 11.4 Å². The number of ether oxygens (including phenoxy) is 2. The molecular formula is C20H28N2O2. The van der Waals surface area contributed by atoms with Crippen molar-refractivity contribution in [1.29, 1.82) is 0 Å². The maximum Gasteiger partial charge on any atom is 0.142 e. The summed E-state index contributed by atoms with van der Waals surface area (Å²) in [5, 5.41) is 0. The highest BCUT2D eigenvalue weighted by atomic mass is 16.5. The zero-order valence-electron chi connectivity index (χ0n) is 14.7. The van der Waals surface area contributed by atoms with Crippen LogP contribution in [0.2, 0.25) is 0 Å². The number of hydrogen-bond donors (Lipinski definition) is 2. The van der Waals surface area contributed by atoms with E-state index in [1.54, 1.807) is 0 Å². The largest absolute Gasteiger partial charge is 0.494 e. The van der Waals surface area contributed by atoms with E-state index in [1.807, 2.05) is 50.2 Å². The van der Waals surface area contributed by atoms with E-state index in [-0.39, 0.29) is 0 Å². The quantitative estimate of drug-likeness (QED) is 0.526. The smallest absolute Gasteiger partial charge is 0.142 e. The van der Waals surface area contributed by atoms with Gasteiger partial charge < -0.3 is 20.9 Å². The van der Waals surface area contributed by atoms with E-state index in [1.165, 1.54) is 0 Å². The molecule has 24 heavy (non-hydrogen) atoms. The van der Waals surface area contributed by atoms with Crippen LogP contribution in [0, 0.1) is 13.8 Å². The van der Waals surface area contributed by atoms with Gasteiger partial charge in [0.15, 0.2) is 0 Å². The van der Waals surface area contributed by atoms with E-state index >= 15 is 0 Å². The lowest BCUT2D eigenvalue weighted by atomic mass is 10.2. The molecule has 4 N–H and O–H groups in total. The average molecular weight is 328 g/mol. The Bertz CT molecular complexity index is 656. The maximum atomic E-state index is 5.99. The van der Waals surface area contributed by atoms with E-state index in [2.05, 4.69) is 0 Å². The summed E-state index contributed by atoms with van der Waals surface area (Å²) in [4.78, 5) is 0. The van der Waals surface area contributed by atoms with Crippen LogP contribution in [-0.4, -0.2) is 13.2 Å². The monoisotopic (exact) mass is 328 g/mol. The lowest BCUT2D eigenvalue weighted by Crippen LogP contribution is -2.02. The summed E-state index contributed by atoms with van der Waals surface area (Å²) in [5.74, 6) is 1.63. The van der Waals surface area contributed by atoms with Gasteiger partial charge in [-0.05, 0) is 62.8 Å². The summed E-state index contributed by atoms with van der Waals surface area (Å²) < 4.78 is 11.5. The number of rotatable bonds is 9. The lowest BCUT2D eigenvalue weighted by Gasteiger charge is -2.10. The van der Waals surface area contributed by atoms with Gasteiger partial charge in [-0.3, -0.25) is 0 Å². The molecule has 0 fully saturated rings. The fourth-order valence-corrected chi connectivity index (χ4v) is 2.42. The fourth-order valence-electron chi connectivity index (χ4n) is 2.42. The van der Waals surface area contributed by atoms with Gasteiger partial charge in [0.05, 0.1) is 18.9 Å². The van der Waals surface area contributed by atoms with E-state index in [4.69, 9.17) is 20.9 Å². The minimum Gasteiger partial charge on any atom is -0.494 e. The second kappa shape index (κ2) is 9.06. The molecule has 4 heteroatoms. The Hall–Kier alpha value is -2.36. The number of nitrogens with two attached hydrogens (primary N) is 2. The summed E-state index contributed by atoms with van der Waals surface area (Å²) in [6.07, 6.45) is 4.28.